The van der Waals surface area contributed by atoms with Gasteiger partial charge in [0.05, 0.1) is 23.2 Å². The standard InChI is InChI=1S/C44H57F3N6O9S/c1-13-59-27-18-19-30(45)34(20-27)63(57,58)51-33-22-31(46)28(21-32(33)47)36-35-37(53(50-36)24(2)3)29(25-14-16-26(17-15-25)49-39(54)60-42(4,5)6)23-48-38(35)52(40(55)61-43(7,8)9)41(56)62-44(10,11)12/h18-26,51H,13-17H2,1-12H3,(H,49,54). The highest BCUT2D eigenvalue weighted by molar-refractivity contribution is 7.92. The number of carbonyl (C=O) groups is 3. The van der Waals surface area contributed by atoms with Gasteiger partial charge >= 0.3 is 18.3 Å². The van der Waals surface area contributed by atoms with E-state index in [4.69, 9.17) is 24.0 Å². The van der Waals surface area contributed by atoms with Crippen LogP contribution in [0, 0.1) is 17.5 Å². The number of pyridine rings is 1. The van der Waals surface area contributed by atoms with Gasteiger partial charge in [-0.2, -0.15) is 10.00 Å². The summed E-state index contributed by atoms with van der Waals surface area (Å²) in [6.07, 6.45) is 0.807. The van der Waals surface area contributed by atoms with Crippen molar-refractivity contribution in [2.45, 2.75) is 148 Å². The third-order valence-corrected chi connectivity index (χ3v) is 10.9. The summed E-state index contributed by atoms with van der Waals surface area (Å²) in [6, 6.07) is 3.68. The number of aromatic nitrogens is 3. The predicted octanol–water partition coefficient (Wildman–Crippen LogP) is 10.5. The summed E-state index contributed by atoms with van der Waals surface area (Å²) in [4.78, 5) is 45.1. The number of sulfonamides is 1. The fourth-order valence-corrected chi connectivity index (χ4v) is 8.20. The van der Waals surface area contributed by atoms with E-state index in [-0.39, 0.29) is 41.2 Å². The van der Waals surface area contributed by atoms with Gasteiger partial charge < -0.3 is 24.3 Å². The molecule has 0 spiro atoms. The summed E-state index contributed by atoms with van der Waals surface area (Å²) >= 11 is 0. The lowest BCUT2D eigenvalue weighted by atomic mass is 9.81. The van der Waals surface area contributed by atoms with Crippen molar-refractivity contribution < 1.29 is 54.9 Å². The molecule has 2 aromatic carbocycles. The van der Waals surface area contributed by atoms with Gasteiger partial charge in [0.2, 0.25) is 0 Å². The third kappa shape index (κ3) is 11.7. The molecule has 3 amide bonds. The van der Waals surface area contributed by atoms with Crippen LogP contribution in [-0.4, -0.2) is 70.9 Å². The second-order valence-corrected chi connectivity index (χ2v) is 20.2. The molecule has 0 saturated heterocycles. The van der Waals surface area contributed by atoms with Crippen LogP contribution < -0.4 is 19.7 Å². The third-order valence-electron chi connectivity index (χ3n) is 9.53. The summed E-state index contributed by atoms with van der Waals surface area (Å²) < 4.78 is 100. The molecule has 344 valence electrons. The predicted molar refractivity (Wildman–Crippen MR) is 231 cm³/mol. The van der Waals surface area contributed by atoms with E-state index in [1.807, 2.05) is 4.72 Å². The second-order valence-electron chi connectivity index (χ2n) is 18.6. The molecule has 1 aliphatic carbocycles. The molecule has 63 heavy (non-hydrogen) atoms. The molecule has 1 fully saturated rings. The number of ether oxygens (including phenoxy) is 4. The van der Waals surface area contributed by atoms with Crippen molar-refractivity contribution in [1.29, 1.82) is 0 Å². The van der Waals surface area contributed by atoms with Gasteiger partial charge in [0.25, 0.3) is 10.0 Å². The number of hydrogen-bond donors (Lipinski definition) is 2. The zero-order valence-corrected chi connectivity index (χ0v) is 38.6. The Labute approximate surface area is 366 Å². The fraction of sp³-hybridized carbons (Fsp3) is 0.523. The van der Waals surface area contributed by atoms with Crippen molar-refractivity contribution in [1.82, 2.24) is 20.1 Å². The van der Waals surface area contributed by atoms with Gasteiger partial charge in [-0.25, -0.2) is 41.0 Å². The zero-order valence-electron chi connectivity index (χ0n) is 37.7. The molecule has 0 unspecified atom stereocenters. The molecule has 0 aliphatic heterocycles. The van der Waals surface area contributed by atoms with E-state index in [1.54, 1.807) is 87.8 Å². The molecule has 2 heterocycles. The van der Waals surface area contributed by atoms with Crippen molar-refractivity contribution in [2.75, 3.05) is 16.2 Å². The number of rotatable bonds is 10. The summed E-state index contributed by atoms with van der Waals surface area (Å²) in [7, 11) is -4.83. The van der Waals surface area contributed by atoms with Crippen LogP contribution in [0.25, 0.3) is 22.2 Å². The number of amides is 3. The Morgan fingerprint density at radius 1 is 0.841 bits per heavy atom. The van der Waals surface area contributed by atoms with E-state index < -0.39 is 84.7 Å². The lowest BCUT2D eigenvalue weighted by molar-refractivity contribution is 0.0425. The quantitative estimate of drug-likeness (QED) is 0.145. The molecule has 2 N–H and O–H groups in total. The minimum Gasteiger partial charge on any atom is -0.494 e. The fourth-order valence-electron chi connectivity index (χ4n) is 7.05. The van der Waals surface area contributed by atoms with Crippen molar-refractivity contribution in [3.8, 4) is 17.0 Å². The van der Waals surface area contributed by atoms with E-state index in [9.17, 15) is 27.2 Å². The first-order valence-corrected chi connectivity index (χ1v) is 22.2. The van der Waals surface area contributed by atoms with Crippen molar-refractivity contribution in [3.05, 3.63) is 59.5 Å². The van der Waals surface area contributed by atoms with Gasteiger partial charge in [0.15, 0.2) is 5.82 Å². The maximum Gasteiger partial charge on any atom is 0.425 e. The molecule has 0 radical (unpaired) electrons. The topological polar surface area (TPSA) is 180 Å². The molecule has 4 aromatic rings. The number of hydrogen-bond acceptors (Lipinski definition) is 11. The summed E-state index contributed by atoms with van der Waals surface area (Å²) in [5.41, 5.74) is -3.52. The SMILES string of the molecule is CCOc1ccc(F)c(S(=O)(=O)Nc2cc(F)c(-c3nn(C(C)C)c4c(C5CCC(NC(=O)OC(C)(C)C)CC5)cnc(N(C(=O)OC(C)(C)C)C(=O)OC(C)(C)C)c34)cc2F)c1. The Kier molecular flexibility index (Phi) is 14.0. The Hall–Kier alpha value is -5.59. The normalized spacial score (nSPS) is 16.1. The van der Waals surface area contributed by atoms with Gasteiger partial charge in [-0.15, -0.1) is 0 Å². The van der Waals surface area contributed by atoms with Crippen LogP contribution in [0.1, 0.15) is 126 Å². The number of halogens is 3. The van der Waals surface area contributed by atoms with E-state index in [0.29, 0.717) is 53.8 Å². The molecular weight excluding hydrogens is 846 g/mol. The number of fused-ring (bicyclic) bond motifs is 1. The molecule has 0 atom stereocenters. The number of benzene rings is 2. The average molecular weight is 903 g/mol. The summed E-state index contributed by atoms with van der Waals surface area (Å²) in [5, 5.41) is 7.66. The molecular formula is C44H57F3N6O9S. The van der Waals surface area contributed by atoms with Gasteiger partial charge in [-0.3, -0.25) is 9.40 Å². The largest absolute Gasteiger partial charge is 0.494 e. The first-order valence-electron chi connectivity index (χ1n) is 20.7. The van der Waals surface area contributed by atoms with Crippen LogP contribution in [-0.2, 0) is 24.2 Å². The van der Waals surface area contributed by atoms with Crippen molar-refractivity contribution in [3.63, 3.8) is 0 Å². The first-order chi connectivity index (χ1) is 29.1. The smallest absolute Gasteiger partial charge is 0.425 e. The van der Waals surface area contributed by atoms with Crippen LogP contribution in [0.4, 0.5) is 39.1 Å². The second kappa shape index (κ2) is 18.3. The van der Waals surface area contributed by atoms with Crippen LogP contribution in [0.3, 0.4) is 0 Å². The minimum atomic E-state index is -4.83. The van der Waals surface area contributed by atoms with E-state index in [0.717, 1.165) is 12.1 Å². The Morgan fingerprint density at radius 3 is 1.97 bits per heavy atom. The van der Waals surface area contributed by atoms with Gasteiger partial charge in [0.1, 0.15) is 50.6 Å². The lowest BCUT2D eigenvalue weighted by Gasteiger charge is -2.31. The maximum absolute atomic E-state index is 16.7. The molecule has 5 rings (SSSR count). The monoisotopic (exact) mass is 902 g/mol. The average Bonchev–Trinajstić information content (AvgIpc) is 3.53. The number of carbonyl (C=O) groups excluding carboxylic acids is 3. The number of nitrogens with one attached hydrogen (secondary N) is 2. The van der Waals surface area contributed by atoms with Crippen LogP contribution in [0.15, 0.2) is 41.4 Å². The molecule has 0 bridgehead atoms. The number of anilines is 2. The Bertz CT molecular complexity index is 2460. The van der Waals surface area contributed by atoms with Gasteiger partial charge in [0, 0.05) is 36.0 Å². The highest BCUT2D eigenvalue weighted by Crippen LogP contribution is 2.44. The number of imide groups is 1. The van der Waals surface area contributed by atoms with E-state index >= 15 is 8.78 Å². The van der Waals surface area contributed by atoms with E-state index in [1.165, 1.54) is 12.3 Å². The summed E-state index contributed by atoms with van der Waals surface area (Å²) in [6.45, 7) is 20.3. The van der Waals surface area contributed by atoms with Gasteiger partial charge in [-0.05, 0) is 138 Å². The van der Waals surface area contributed by atoms with Gasteiger partial charge in [-0.1, -0.05) is 0 Å². The highest BCUT2D eigenvalue weighted by Gasteiger charge is 2.39. The highest BCUT2D eigenvalue weighted by atomic mass is 32.2. The Balaban J connectivity index is 1.71. The molecule has 1 saturated carbocycles. The van der Waals surface area contributed by atoms with Crippen LogP contribution in [0.5, 0.6) is 5.75 Å². The Morgan fingerprint density at radius 2 is 1.43 bits per heavy atom. The van der Waals surface area contributed by atoms with Crippen molar-refractivity contribution in [2.24, 2.45) is 0 Å². The molecule has 19 heteroatoms. The molecule has 2 aromatic heterocycles. The minimum absolute atomic E-state index is 0.0339. The molecule has 15 nitrogen and oxygen atoms in total. The maximum atomic E-state index is 16.7. The molecule has 1 aliphatic rings. The van der Waals surface area contributed by atoms with Crippen molar-refractivity contribution >= 4 is 50.7 Å². The van der Waals surface area contributed by atoms with Crippen LogP contribution >= 0.6 is 0 Å². The van der Waals surface area contributed by atoms with Crippen LogP contribution in [0.2, 0.25) is 0 Å². The number of nitrogens with zero attached hydrogens (tertiary/aromatic N) is 4. The zero-order chi connectivity index (χ0) is 47.0. The first kappa shape index (κ1) is 48.4. The summed E-state index contributed by atoms with van der Waals surface area (Å²) in [5.74, 6) is -4.12. The lowest BCUT2D eigenvalue weighted by Crippen LogP contribution is -2.44. The number of alkyl carbamates (subject to hydrolysis) is 1. The van der Waals surface area contributed by atoms with E-state index in [2.05, 4.69) is 10.3 Å².